The molecule has 0 unspecified atom stereocenters. The lowest BCUT2D eigenvalue weighted by Gasteiger charge is -2.44. The lowest BCUT2D eigenvalue weighted by molar-refractivity contribution is -0.347. The van der Waals surface area contributed by atoms with Crippen molar-refractivity contribution in [3.05, 3.63) is 84.1 Å². The third-order valence-corrected chi connectivity index (χ3v) is 10.8. The Balaban J connectivity index is 1.09. The number of rotatable bonds is 12. The number of phenolic OH excluding ortho intramolecular Hbond substituents is 2. The van der Waals surface area contributed by atoms with E-state index in [0.29, 0.717) is 11.1 Å². The molecular weight excluding hydrogens is 756 g/mol. The van der Waals surface area contributed by atoms with E-state index in [0.717, 1.165) is 12.2 Å². The van der Waals surface area contributed by atoms with Crippen molar-refractivity contribution < 1.29 is 88.3 Å². The summed E-state index contributed by atoms with van der Waals surface area (Å²) in [7, 11) is 0. The summed E-state index contributed by atoms with van der Waals surface area (Å²) in [4.78, 5) is 26.2. The van der Waals surface area contributed by atoms with Crippen LogP contribution in [0.2, 0.25) is 0 Å². The average molecular weight is 801 g/mol. The SMILES string of the molecule is C[C@@H]1O[C@@H](O[C@H]2[C@@H]3C=CO[C@@H](O[C@@H]4O[C@H](CO)[C@@H](O)[C@H](O)[C@H]4O)[C@@H]3[C@@]3(CO)O[C@@H]23)[C@H](O)[C@H](OC(=O)/C=C/c2ccc(O)cc2)[C@H]1OC(=O)/C=C/c1ccc(O)cc1. The zero-order valence-electron chi connectivity index (χ0n) is 30.3. The molecule has 16 atom stereocenters. The van der Waals surface area contributed by atoms with Crippen molar-refractivity contribution in [3.8, 4) is 11.5 Å². The summed E-state index contributed by atoms with van der Waals surface area (Å²) in [6.07, 6.45) is -10.1. The molecule has 0 bridgehead atoms. The van der Waals surface area contributed by atoms with E-state index in [9.17, 15) is 50.4 Å². The van der Waals surface area contributed by atoms with Crippen molar-refractivity contribution in [1.82, 2.24) is 0 Å². The molecule has 7 rings (SSSR count). The van der Waals surface area contributed by atoms with E-state index in [-0.39, 0.29) is 11.5 Å². The molecule has 1 saturated carbocycles. The van der Waals surface area contributed by atoms with E-state index in [4.69, 9.17) is 37.9 Å². The van der Waals surface area contributed by atoms with Crippen LogP contribution in [0.1, 0.15) is 18.1 Å². The third kappa shape index (κ3) is 8.30. The van der Waals surface area contributed by atoms with Crippen LogP contribution >= 0.6 is 0 Å². The molecular formula is C39H44O18. The summed E-state index contributed by atoms with van der Waals surface area (Å²) in [5, 5.41) is 82.2. The minimum Gasteiger partial charge on any atom is -0.508 e. The van der Waals surface area contributed by atoms with Crippen LogP contribution in [0.25, 0.3) is 12.2 Å². The molecule has 308 valence electrons. The lowest BCUT2D eigenvalue weighted by atomic mass is 9.85. The molecule has 18 nitrogen and oxygen atoms in total. The molecule has 4 fully saturated rings. The number of hydrogen-bond donors (Lipinski definition) is 8. The molecule has 0 radical (unpaired) electrons. The third-order valence-electron chi connectivity index (χ3n) is 10.8. The van der Waals surface area contributed by atoms with Crippen LogP contribution in [0.4, 0.5) is 0 Å². The van der Waals surface area contributed by atoms with Gasteiger partial charge in [0.05, 0.1) is 37.6 Å². The highest BCUT2D eigenvalue weighted by Crippen LogP contribution is 2.61. The number of phenols is 2. The first-order valence-electron chi connectivity index (χ1n) is 18.2. The van der Waals surface area contributed by atoms with Gasteiger partial charge in [-0.2, -0.15) is 0 Å². The van der Waals surface area contributed by atoms with Crippen molar-refractivity contribution in [2.45, 2.75) is 92.4 Å². The van der Waals surface area contributed by atoms with Gasteiger partial charge in [-0.05, 0) is 60.5 Å². The topological polar surface area (TPSA) is 273 Å². The molecule has 0 aromatic heterocycles. The highest BCUT2D eigenvalue weighted by Gasteiger charge is 2.77. The van der Waals surface area contributed by atoms with Gasteiger partial charge in [-0.1, -0.05) is 24.3 Å². The van der Waals surface area contributed by atoms with Gasteiger partial charge in [-0.3, -0.25) is 0 Å². The first-order chi connectivity index (χ1) is 27.3. The molecule has 3 saturated heterocycles. The fraction of sp³-hybridized carbons (Fsp3) is 0.487. The summed E-state index contributed by atoms with van der Waals surface area (Å²) in [6, 6.07) is 12.0. The molecule has 2 aromatic carbocycles. The highest BCUT2D eigenvalue weighted by atomic mass is 16.8. The molecule has 1 aliphatic carbocycles. The van der Waals surface area contributed by atoms with Crippen molar-refractivity contribution in [2.75, 3.05) is 13.2 Å². The Hall–Kier alpha value is -4.44. The molecule has 2 aromatic rings. The van der Waals surface area contributed by atoms with Gasteiger partial charge in [0.25, 0.3) is 0 Å². The summed E-state index contributed by atoms with van der Waals surface area (Å²) in [5.41, 5.74) is -0.163. The number of aromatic hydroxyl groups is 2. The van der Waals surface area contributed by atoms with Crippen molar-refractivity contribution in [2.24, 2.45) is 11.8 Å². The summed E-state index contributed by atoms with van der Waals surface area (Å²) >= 11 is 0. The Morgan fingerprint density at radius 2 is 1.30 bits per heavy atom. The van der Waals surface area contributed by atoms with E-state index in [1.54, 1.807) is 30.3 Å². The number of fused-ring (bicyclic) bond motifs is 3. The molecule has 0 amide bonds. The quantitative estimate of drug-likeness (QED) is 0.0742. The van der Waals surface area contributed by atoms with Crippen LogP contribution in [0, 0.1) is 11.8 Å². The maximum atomic E-state index is 13.2. The van der Waals surface area contributed by atoms with Gasteiger partial charge >= 0.3 is 11.9 Å². The maximum Gasteiger partial charge on any atom is 0.331 e. The van der Waals surface area contributed by atoms with Crippen LogP contribution < -0.4 is 0 Å². The van der Waals surface area contributed by atoms with E-state index in [2.05, 4.69) is 0 Å². The normalized spacial score (nSPS) is 39.7. The van der Waals surface area contributed by atoms with Crippen LogP contribution in [0.15, 0.2) is 73.0 Å². The average Bonchev–Trinajstić information content (AvgIpc) is 3.88. The van der Waals surface area contributed by atoms with Crippen molar-refractivity contribution in [1.29, 1.82) is 0 Å². The fourth-order valence-electron chi connectivity index (χ4n) is 7.71. The number of ether oxygens (including phenoxy) is 8. The molecule has 0 spiro atoms. The first kappa shape index (κ1) is 40.7. The fourth-order valence-corrected chi connectivity index (χ4v) is 7.71. The predicted octanol–water partition coefficient (Wildman–Crippen LogP) is -0.799. The van der Waals surface area contributed by atoms with Crippen LogP contribution in [0.5, 0.6) is 11.5 Å². The van der Waals surface area contributed by atoms with Gasteiger partial charge in [0.2, 0.25) is 6.29 Å². The Morgan fingerprint density at radius 3 is 1.88 bits per heavy atom. The number of esters is 2. The standard InChI is InChI=1S/C39H44O18/c1-18-32(53-25(44)12-6-19-2-8-21(42)9-3-19)34(54-26(45)13-7-20-4-10-22(43)11-5-20)31(49)38(51-18)55-33-23-14-15-50-36(27(23)39(17-41)35(33)57-39)56-37-30(48)29(47)28(46)24(16-40)52-37/h2-15,18,23-24,27-38,40-43,46-49H,16-17H2,1H3/b12-6+,13-7+/t18-,23+,24+,27+,28+,29-,30+,31+,32-,33-,34-,35-,36-,37-,38-,39+/m0/s1. The largest absolute Gasteiger partial charge is 0.508 e. The Kier molecular flexibility index (Phi) is 12.0. The monoisotopic (exact) mass is 800 g/mol. The second kappa shape index (κ2) is 16.8. The Morgan fingerprint density at radius 1 is 0.719 bits per heavy atom. The summed E-state index contributed by atoms with van der Waals surface area (Å²) in [6.45, 7) is 0.310. The van der Waals surface area contributed by atoms with Crippen LogP contribution in [-0.2, 0) is 47.5 Å². The smallest absolute Gasteiger partial charge is 0.331 e. The van der Waals surface area contributed by atoms with Gasteiger partial charge in [-0.15, -0.1) is 0 Å². The van der Waals surface area contributed by atoms with E-state index in [1.165, 1.54) is 49.6 Å². The Labute approximate surface area is 325 Å². The molecule has 8 N–H and O–H groups in total. The number of aliphatic hydroxyl groups excluding tert-OH is 6. The molecule has 4 aliphatic heterocycles. The number of aliphatic hydroxyl groups is 6. The number of carbonyl (C=O) groups excluding carboxylic acids is 2. The second-order valence-corrected chi connectivity index (χ2v) is 14.4. The second-order valence-electron chi connectivity index (χ2n) is 14.4. The summed E-state index contributed by atoms with van der Waals surface area (Å²) < 4.78 is 47.0. The molecule has 5 aliphatic rings. The van der Waals surface area contributed by atoms with Crippen LogP contribution in [-0.4, -0.2) is 152 Å². The molecule has 57 heavy (non-hydrogen) atoms. The minimum absolute atomic E-state index is 0.0266. The minimum atomic E-state index is -1.75. The van der Waals surface area contributed by atoms with Crippen LogP contribution in [0.3, 0.4) is 0 Å². The zero-order valence-corrected chi connectivity index (χ0v) is 30.3. The van der Waals surface area contributed by atoms with Gasteiger partial charge in [0.1, 0.15) is 53.7 Å². The Bertz CT molecular complexity index is 1810. The van der Waals surface area contributed by atoms with Crippen molar-refractivity contribution >= 4 is 24.1 Å². The molecule has 18 heteroatoms. The van der Waals surface area contributed by atoms with E-state index in [1.807, 2.05) is 0 Å². The van der Waals surface area contributed by atoms with Gasteiger partial charge < -0.3 is 78.7 Å². The van der Waals surface area contributed by atoms with Gasteiger partial charge in [0.15, 0.2) is 24.8 Å². The van der Waals surface area contributed by atoms with Gasteiger partial charge in [-0.25, -0.2) is 9.59 Å². The summed E-state index contributed by atoms with van der Waals surface area (Å²) in [5.74, 6) is -3.16. The number of epoxide rings is 1. The van der Waals surface area contributed by atoms with Crippen molar-refractivity contribution in [3.63, 3.8) is 0 Å². The molecule has 4 heterocycles. The van der Waals surface area contributed by atoms with E-state index >= 15 is 0 Å². The number of hydrogen-bond acceptors (Lipinski definition) is 18. The van der Waals surface area contributed by atoms with E-state index < -0.39 is 122 Å². The maximum absolute atomic E-state index is 13.2. The highest BCUT2D eigenvalue weighted by molar-refractivity contribution is 5.88. The number of benzene rings is 2. The number of carbonyl (C=O) groups is 2. The first-order valence-corrected chi connectivity index (χ1v) is 18.2. The van der Waals surface area contributed by atoms with Gasteiger partial charge in [0, 0.05) is 18.1 Å². The lowest BCUT2D eigenvalue weighted by Crippen LogP contribution is -2.61. The predicted molar refractivity (Wildman–Crippen MR) is 190 cm³/mol. The zero-order chi connectivity index (χ0) is 40.6.